The Morgan fingerprint density at radius 3 is 2.43 bits per heavy atom. The Labute approximate surface area is 182 Å². The highest BCUT2D eigenvalue weighted by Crippen LogP contribution is 2.41. The van der Waals surface area contributed by atoms with E-state index in [0.717, 1.165) is 11.4 Å². The molecule has 30 heavy (non-hydrogen) atoms. The number of benzene rings is 1. The summed E-state index contributed by atoms with van der Waals surface area (Å²) in [5.74, 6) is 0.834. The van der Waals surface area contributed by atoms with E-state index in [1.807, 2.05) is 68.1 Å². The molecule has 1 spiro atoms. The first-order chi connectivity index (χ1) is 14.3. The summed E-state index contributed by atoms with van der Waals surface area (Å²) in [6.07, 6.45) is 2.33. The number of aromatic nitrogens is 1. The number of piperazine rings is 1. The average Bonchev–Trinajstić information content (AvgIpc) is 3.17. The molecule has 6 nitrogen and oxygen atoms in total. The van der Waals surface area contributed by atoms with Crippen molar-refractivity contribution in [3.63, 3.8) is 0 Å². The van der Waals surface area contributed by atoms with Crippen LogP contribution in [-0.4, -0.2) is 57.8 Å². The summed E-state index contributed by atoms with van der Waals surface area (Å²) in [4.78, 5) is 37.3. The molecule has 1 aromatic carbocycles. The third-order valence-electron chi connectivity index (χ3n) is 6.28. The lowest BCUT2D eigenvalue weighted by atomic mass is 9.87. The molecular weight excluding hydrogens is 400 g/mol. The van der Waals surface area contributed by atoms with Gasteiger partial charge in [0.25, 0.3) is 5.91 Å². The van der Waals surface area contributed by atoms with Crippen molar-refractivity contribution >= 4 is 29.2 Å². The van der Waals surface area contributed by atoms with E-state index in [2.05, 4.69) is 9.88 Å². The van der Waals surface area contributed by atoms with E-state index < -0.39 is 5.54 Å². The van der Waals surface area contributed by atoms with Crippen LogP contribution in [0, 0.1) is 0 Å². The quantitative estimate of drug-likeness (QED) is 0.750. The van der Waals surface area contributed by atoms with Gasteiger partial charge in [0.15, 0.2) is 0 Å². The van der Waals surface area contributed by atoms with Crippen molar-refractivity contribution in [2.45, 2.75) is 44.8 Å². The van der Waals surface area contributed by atoms with Crippen molar-refractivity contribution in [1.29, 1.82) is 0 Å². The fourth-order valence-corrected chi connectivity index (χ4v) is 4.82. The van der Waals surface area contributed by atoms with Gasteiger partial charge in [0.05, 0.1) is 12.6 Å². The van der Waals surface area contributed by atoms with Crippen LogP contribution in [-0.2, 0) is 9.59 Å². The van der Waals surface area contributed by atoms with Crippen LogP contribution >= 0.6 is 11.6 Å². The molecule has 158 valence electrons. The van der Waals surface area contributed by atoms with Crippen LogP contribution in [0.25, 0.3) is 0 Å². The Balaban J connectivity index is 1.74. The van der Waals surface area contributed by atoms with E-state index in [1.165, 1.54) is 0 Å². The molecule has 0 saturated carbocycles. The Morgan fingerprint density at radius 1 is 1.07 bits per heavy atom. The standard InChI is InChI=1S/C23H27ClN4O2/c1-16(2)27-14-21(29)28(17(3)18-7-9-19(24)10-8-18)23(22(27)30)11-13-26(15-23)20-6-4-5-12-25-20/h4-10,12,16-17H,11,13-15H2,1-3H3/t17-,23?/m0/s1. The first kappa shape index (κ1) is 20.7. The number of anilines is 1. The van der Waals surface area contributed by atoms with Gasteiger partial charge in [0.1, 0.15) is 17.9 Å². The number of halogens is 1. The van der Waals surface area contributed by atoms with Gasteiger partial charge in [-0.2, -0.15) is 0 Å². The first-order valence-corrected chi connectivity index (χ1v) is 10.8. The summed E-state index contributed by atoms with van der Waals surface area (Å²) in [5.41, 5.74) is 0.0603. The molecular formula is C23H27ClN4O2. The predicted octanol–water partition coefficient (Wildman–Crippen LogP) is 3.52. The lowest BCUT2D eigenvalue weighted by Gasteiger charge is -2.51. The third-order valence-corrected chi connectivity index (χ3v) is 6.53. The Kier molecular flexibility index (Phi) is 5.45. The molecule has 2 aromatic rings. The molecule has 0 aliphatic carbocycles. The number of hydrogen-bond donors (Lipinski definition) is 0. The Bertz CT molecular complexity index is 934. The molecule has 2 atom stereocenters. The highest BCUT2D eigenvalue weighted by Gasteiger charge is 2.57. The van der Waals surface area contributed by atoms with Crippen LogP contribution in [0.3, 0.4) is 0 Å². The van der Waals surface area contributed by atoms with Crippen LogP contribution in [0.4, 0.5) is 5.82 Å². The monoisotopic (exact) mass is 426 g/mol. The number of rotatable bonds is 4. The fraction of sp³-hybridized carbons (Fsp3) is 0.435. The fourth-order valence-electron chi connectivity index (χ4n) is 4.70. The molecule has 0 bridgehead atoms. The first-order valence-electron chi connectivity index (χ1n) is 10.4. The van der Waals surface area contributed by atoms with Crippen LogP contribution in [0.5, 0.6) is 0 Å². The Morgan fingerprint density at radius 2 is 1.80 bits per heavy atom. The van der Waals surface area contributed by atoms with Gasteiger partial charge in [-0.15, -0.1) is 0 Å². The highest BCUT2D eigenvalue weighted by atomic mass is 35.5. The maximum Gasteiger partial charge on any atom is 0.251 e. The third kappa shape index (κ3) is 3.43. The molecule has 2 saturated heterocycles. The van der Waals surface area contributed by atoms with Gasteiger partial charge in [0.2, 0.25) is 5.91 Å². The zero-order valence-electron chi connectivity index (χ0n) is 17.6. The summed E-state index contributed by atoms with van der Waals surface area (Å²) < 4.78 is 0. The average molecular weight is 427 g/mol. The molecule has 7 heteroatoms. The van der Waals surface area contributed by atoms with E-state index in [4.69, 9.17) is 11.6 Å². The molecule has 0 N–H and O–H groups in total. The molecule has 2 aliphatic heterocycles. The minimum absolute atomic E-state index is 0.0198. The van der Waals surface area contributed by atoms with Crippen molar-refractivity contribution in [1.82, 2.24) is 14.8 Å². The molecule has 4 rings (SSSR count). The zero-order valence-corrected chi connectivity index (χ0v) is 18.3. The van der Waals surface area contributed by atoms with Gasteiger partial charge in [-0.05, 0) is 57.0 Å². The van der Waals surface area contributed by atoms with Gasteiger partial charge in [0, 0.05) is 23.8 Å². The molecule has 2 aliphatic rings. The largest absolute Gasteiger partial charge is 0.354 e. The van der Waals surface area contributed by atoms with Crippen molar-refractivity contribution in [3.05, 3.63) is 59.2 Å². The summed E-state index contributed by atoms with van der Waals surface area (Å²) in [6, 6.07) is 13.0. The van der Waals surface area contributed by atoms with E-state index in [1.54, 1.807) is 11.1 Å². The van der Waals surface area contributed by atoms with Crippen LogP contribution in [0.1, 0.15) is 38.8 Å². The second-order valence-electron chi connectivity index (χ2n) is 8.41. The normalized spacial score (nSPS) is 23.0. The van der Waals surface area contributed by atoms with Gasteiger partial charge < -0.3 is 14.7 Å². The highest BCUT2D eigenvalue weighted by molar-refractivity contribution is 6.30. The maximum atomic E-state index is 13.8. The minimum atomic E-state index is -0.907. The summed E-state index contributed by atoms with van der Waals surface area (Å²) in [6.45, 7) is 7.14. The van der Waals surface area contributed by atoms with E-state index in [9.17, 15) is 9.59 Å². The van der Waals surface area contributed by atoms with E-state index in [0.29, 0.717) is 24.5 Å². The number of pyridine rings is 1. The topological polar surface area (TPSA) is 56.8 Å². The van der Waals surface area contributed by atoms with Gasteiger partial charge >= 0.3 is 0 Å². The van der Waals surface area contributed by atoms with Gasteiger partial charge in [-0.1, -0.05) is 29.8 Å². The molecule has 1 unspecified atom stereocenters. The van der Waals surface area contributed by atoms with E-state index >= 15 is 0 Å². The molecule has 0 radical (unpaired) electrons. The smallest absolute Gasteiger partial charge is 0.251 e. The number of amides is 2. The molecule has 3 heterocycles. The zero-order chi connectivity index (χ0) is 21.5. The summed E-state index contributed by atoms with van der Waals surface area (Å²) >= 11 is 6.06. The SMILES string of the molecule is CC(C)N1CC(=O)N([C@@H](C)c2ccc(Cl)cc2)C2(CCN(c3ccccn3)C2)C1=O. The second-order valence-corrected chi connectivity index (χ2v) is 8.85. The van der Waals surface area contributed by atoms with E-state index in [-0.39, 0.29) is 30.4 Å². The van der Waals surface area contributed by atoms with Crippen LogP contribution < -0.4 is 4.90 Å². The number of carbonyl (C=O) groups excluding carboxylic acids is 2. The molecule has 1 aromatic heterocycles. The molecule has 2 fully saturated rings. The lowest BCUT2D eigenvalue weighted by molar-refractivity contribution is -0.168. The summed E-state index contributed by atoms with van der Waals surface area (Å²) in [5, 5.41) is 0.648. The Hall–Kier alpha value is -2.60. The maximum absolute atomic E-state index is 13.8. The number of carbonyl (C=O) groups is 2. The van der Waals surface area contributed by atoms with Crippen molar-refractivity contribution in [2.24, 2.45) is 0 Å². The van der Waals surface area contributed by atoms with Gasteiger partial charge in [-0.3, -0.25) is 9.59 Å². The number of hydrogen-bond acceptors (Lipinski definition) is 4. The predicted molar refractivity (Wildman–Crippen MR) is 117 cm³/mol. The van der Waals surface area contributed by atoms with Crippen LogP contribution in [0.15, 0.2) is 48.7 Å². The molecule has 2 amide bonds. The minimum Gasteiger partial charge on any atom is -0.354 e. The second kappa shape index (κ2) is 7.91. The summed E-state index contributed by atoms with van der Waals surface area (Å²) in [7, 11) is 0. The lowest BCUT2D eigenvalue weighted by Crippen LogP contribution is -2.70. The number of nitrogens with zero attached hydrogens (tertiary/aromatic N) is 4. The van der Waals surface area contributed by atoms with Crippen molar-refractivity contribution < 1.29 is 9.59 Å². The van der Waals surface area contributed by atoms with Gasteiger partial charge in [-0.25, -0.2) is 4.98 Å². The van der Waals surface area contributed by atoms with Crippen molar-refractivity contribution in [2.75, 3.05) is 24.5 Å². The van der Waals surface area contributed by atoms with Crippen molar-refractivity contribution in [3.8, 4) is 0 Å². The van der Waals surface area contributed by atoms with Crippen LogP contribution in [0.2, 0.25) is 5.02 Å².